The third kappa shape index (κ3) is 4.41. The van der Waals surface area contributed by atoms with Crippen LogP contribution in [-0.2, 0) is 0 Å². The molecule has 0 aromatic heterocycles. The van der Waals surface area contributed by atoms with Crippen molar-refractivity contribution < 1.29 is 9.53 Å². The summed E-state index contributed by atoms with van der Waals surface area (Å²) in [5.74, 6) is 0.881. The molecule has 0 radical (unpaired) electrons. The van der Waals surface area contributed by atoms with Gasteiger partial charge in [-0.1, -0.05) is 30.3 Å². The zero-order chi connectivity index (χ0) is 16.9. The zero-order valence-electron chi connectivity index (χ0n) is 13.6. The number of hydrogen-bond donors (Lipinski definition) is 1. The third-order valence-corrected chi connectivity index (χ3v) is 4.59. The Labute approximate surface area is 156 Å². The number of benzene rings is 2. The Bertz CT molecular complexity index is 676. The van der Waals surface area contributed by atoms with E-state index in [2.05, 4.69) is 34.5 Å². The van der Waals surface area contributed by atoms with E-state index >= 15 is 0 Å². The van der Waals surface area contributed by atoms with Gasteiger partial charge in [0.15, 0.2) is 0 Å². The summed E-state index contributed by atoms with van der Waals surface area (Å²) in [6, 6.07) is 18.4. The van der Waals surface area contributed by atoms with E-state index in [4.69, 9.17) is 4.74 Å². The Morgan fingerprint density at radius 1 is 1.21 bits per heavy atom. The van der Waals surface area contributed by atoms with Gasteiger partial charge in [0.1, 0.15) is 11.9 Å². The number of para-hydroxylation sites is 1. The lowest BCUT2D eigenvalue weighted by Gasteiger charge is -2.19. The second-order valence-electron chi connectivity index (χ2n) is 6.02. The lowest BCUT2D eigenvalue weighted by Crippen LogP contribution is -2.24. The Balaban J connectivity index is 1.56. The standard InChI is InChI=1S/C19H21IN2O2/c1-14(21-19(20)23)15-7-9-17(10-8-15)24-18-11-12-22(13-18)16-5-3-2-4-6-16/h2-10,14,18H,11-13H2,1H3,(H,21,23). The molecular formula is C19H21IN2O2. The maximum Gasteiger partial charge on any atom is 0.281 e. The highest BCUT2D eigenvalue weighted by Crippen LogP contribution is 2.24. The molecule has 2 unspecified atom stereocenters. The number of anilines is 1. The Hall–Kier alpha value is -1.76. The molecule has 5 heteroatoms. The molecular weight excluding hydrogens is 415 g/mol. The van der Waals surface area contributed by atoms with E-state index in [0.29, 0.717) is 0 Å². The second-order valence-corrected chi connectivity index (χ2v) is 7.00. The molecule has 1 aliphatic rings. The van der Waals surface area contributed by atoms with E-state index in [1.165, 1.54) is 5.69 Å². The van der Waals surface area contributed by atoms with Gasteiger partial charge in [0.25, 0.3) is 3.91 Å². The van der Waals surface area contributed by atoms with Crippen LogP contribution in [-0.4, -0.2) is 23.1 Å². The van der Waals surface area contributed by atoms with Crippen LogP contribution in [0.4, 0.5) is 10.5 Å². The van der Waals surface area contributed by atoms with E-state index in [0.717, 1.165) is 30.8 Å². The predicted molar refractivity (Wildman–Crippen MR) is 105 cm³/mol. The third-order valence-electron chi connectivity index (χ3n) is 4.28. The van der Waals surface area contributed by atoms with E-state index in [9.17, 15) is 4.79 Å². The van der Waals surface area contributed by atoms with Crippen LogP contribution in [0, 0.1) is 0 Å². The number of hydrogen-bond acceptors (Lipinski definition) is 3. The largest absolute Gasteiger partial charge is 0.489 e. The van der Waals surface area contributed by atoms with Crippen LogP contribution >= 0.6 is 22.6 Å². The van der Waals surface area contributed by atoms with Crippen molar-refractivity contribution in [2.75, 3.05) is 18.0 Å². The fraction of sp³-hybridized carbons (Fsp3) is 0.316. The minimum absolute atomic E-state index is 0.00324. The fourth-order valence-electron chi connectivity index (χ4n) is 2.98. The summed E-state index contributed by atoms with van der Waals surface area (Å²) >= 11 is 1.75. The van der Waals surface area contributed by atoms with Gasteiger partial charge in [-0.25, -0.2) is 0 Å². The molecule has 0 saturated carbocycles. The quantitative estimate of drug-likeness (QED) is 0.425. The lowest BCUT2D eigenvalue weighted by atomic mass is 10.1. The molecule has 1 N–H and O–H groups in total. The number of amides is 1. The number of carbonyl (C=O) groups excluding carboxylic acids is 1. The Morgan fingerprint density at radius 2 is 1.92 bits per heavy atom. The van der Waals surface area contributed by atoms with Gasteiger partial charge in [0, 0.05) is 41.2 Å². The molecule has 4 nitrogen and oxygen atoms in total. The lowest BCUT2D eigenvalue weighted by molar-refractivity contribution is 0.225. The first-order valence-corrected chi connectivity index (χ1v) is 9.22. The van der Waals surface area contributed by atoms with Crippen molar-refractivity contribution in [3.63, 3.8) is 0 Å². The van der Waals surface area contributed by atoms with Crippen LogP contribution in [0.1, 0.15) is 24.9 Å². The Kier molecular flexibility index (Phi) is 5.60. The summed E-state index contributed by atoms with van der Waals surface area (Å²) in [5.41, 5.74) is 2.33. The summed E-state index contributed by atoms with van der Waals surface area (Å²) in [6.45, 7) is 3.90. The number of nitrogens with zero attached hydrogens (tertiary/aromatic N) is 1. The molecule has 126 valence electrons. The van der Waals surface area contributed by atoms with Gasteiger partial charge in [0.05, 0.1) is 12.6 Å². The summed E-state index contributed by atoms with van der Waals surface area (Å²) in [5, 5.41) is 2.88. The van der Waals surface area contributed by atoms with Gasteiger partial charge in [-0.2, -0.15) is 0 Å². The van der Waals surface area contributed by atoms with Crippen LogP contribution in [0.2, 0.25) is 0 Å². The summed E-state index contributed by atoms with van der Waals surface area (Å²) < 4.78 is 6.06. The van der Waals surface area contributed by atoms with Crippen molar-refractivity contribution in [1.29, 1.82) is 0 Å². The fourth-order valence-corrected chi connectivity index (χ4v) is 3.45. The van der Waals surface area contributed by atoms with Gasteiger partial charge in [-0.3, -0.25) is 4.79 Å². The molecule has 0 spiro atoms. The normalized spacial score (nSPS) is 18.2. The smallest absolute Gasteiger partial charge is 0.281 e. The average molecular weight is 436 g/mol. The molecule has 1 heterocycles. The number of halogens is 1. The van der Waals surface area contributed by atoms with Gasteiger partial charge < -0.3 is 15.0 Å². The zero-order valence-corrected chi connectivity index (χ0v) is 15.8. The van der Waals surface area contributed by atoms with E-state index in [1.807, 2.05) is 37.3 Å². The molecule has 1 amide bonds. The Morgan fingerprint density at radius 3 is 2.58 bits per heavy atom. The first kappa shape index (κ1) is 17.1. The van der Waals surface area contributed by atoms with Crippen LogP contribution in [0.15, 0.2) is 54.6 Å². The van der Waals surface area contributed by atoms with Gasteiger partial charge in [-0.05, 0) is 36.8 Å². The molecule has 0 bridgehead atoms. The molecule has 1 fully saturated rings. The van der Waals surface area contributed by atoms with Gasteiger partial charge in [0.2, 0.25) is 0 Å². The highest BCUT2D eigenvalue weighted by Gasteiger charge is 2.24. The van der Waals surface area contributed by atoms with Crippen molar-refractivity contribution in [2.24, 2.45) is 0 Å². The number of rotatable bonds is 5. The summed E-state index contributed by atoms with van der Waals surface area (Å²) in [4.78, 5) is 13.5. The minimum atomic E-state index is -0.0487. The van der Waals surface area contributed by atoms with Crippen molar-refractivity contribution >= 4 is 32.2 Å². The molecule has 1 aliphatic heterocycles. The van der Waals surface area contributed by atoms with E-state index in [-0.39, 0.29) is 16.1 Å². The highest BCUT2D eigenvalue weighted by molar-refractivity contribution is 14.1. The summed E-state index contributed by atoms with van der Waals surface area (Å²) in [7, 11) is 0. The van der Waals surface area contributed by atoms with Gasteiger partial charge in [-0.15, -0.1) is 0 Å². The molecule has 3 rings (SSSR count). The van der Waals surface area contributed by atoms with Gasteiger partial charge >= 0.3 is 0 Å². The number of nitrogens with one attached hydrogen (secondary N) is 1. The topological polar surface area (TPSA) is 41.6 Å². The van der Waals surface area contributed by atoms with E-state index in [1.54, 1.807) is 22.6 Å². The van der Waals surface area contributed by atoms with Crippen molar-refractivity contribution in [2.45, 2.75) is 25.5 Å². The molecule has 24 heavy (non-hydrogen) atoms. The van der Waals surface area contributed by atoms with Crippen molar-refractivity contribution in [3.8, 4) is 5.75 Å². The number of carbonyl (C=O) groups is 1. The molecule has 2 atom stereocenters. The average Bonchev–Trinajstić information content (AvgIpc) is 3.04. The minimum Gasteiger partial charge on any atom is -0.489 e. The highest BCUT2D eigenvalue weighted by atomic mass is 127. The van der Waals surface area contributed by atoms with Crippen LogP contribution in [0.25, 0.3) is 0 Å². The monoisotopic (exact) mass is 436 g/mol. The molecule has 2 aromatic rings. The van der Waals surface area contributed by atoms with E-state index < -0.39 is 0 Å². The van der Waals surface area contributed by atoms with Crippen LogP contribution < -0.4 is 15.0 Å². The maximum absolute atomic E-state index is 11.1. The molecule has 2 aromatic carbocycles. The first-order chi connectivity index (χ1) is 11.6. The van der Waals surface area contributed by atoms with Crippen LogP contribution in [0.3, 0.4) is 0 Å². The second kappa shape index (κ2) is 7.88. The predicted octanol–water partition coefficient (Wildman–Crippen LogP) is 4.55. The summed E-state index contributed by atoms with van der Waals surface area (Å²) in [6.07, 6.45) is 1.24. The molecule has 0 aliphatic carbocycles. The van der Waals surface area contributed by atoms with Crippen molar-refractivity contribution in [3.05, 3.63) is 60.2 Å². The molecule has 1 saturated heterocycles. The van der Waals surface area contributed by atoms with Crippen molar-refractivity contribution in [1.82, 2.24) is 5.32 Å². The SMILES string of the molecule is CC(NC(=O)I)c1ccc(OC2CCN(c3ccccc3)C2)cc1. The number of ether oxygens (including phenoxy) is 1. The maximum atomic E-state index is 11.1. The first-order valence-electron chi connectivity index (χ1n) is 8.14. The van der Waals surface area contributed by atoms with Crippen LogP contribution in [0.5, 0.6) is 5.75 Å².